The van der Waals surface area contributed by atoms with Crippen LogP contribution in [0.4, 0.5) is 59.7 Å². The predicted molar refractivity (Wildman–Crippen MR) is 138 cm³/mol. The molecule has 224 valence electrons. The molecular formula is C26H18F7N7O3. The summed E-state index contributed by atoms with van der Waals surface area (Å²) in [5.74, 6) is -4.94. The average Bonchev–Trinajstić information content (AvgIpc) is 3.35. The summed E-state index contributed by atoms with van der Waals surface area (Å²) in [6, 6.07) is 7.92. The van der Waals surface area contributed by atoms with Crippen molar-refractivity contribution in [2.45, 2.75) is 12.4 Å². The number of benzene rings is 2. The van der Waals surface area contributed by atoms with E-state index in [4.69, 9.17) is 0 Å². The van der Waals surface area contributed by atoms with Gasteiger partial charge >= 0.3 is 18.3 Å². The van der Waals surface area contributed by atoms with Crippen molar-refractivity contribution >= 4 is 40.8 Å². The Morgan fingerprint density at radius 1 is 1.02 bits per heavy atom. The third kappa shape index (κ3) is 7.24. The summed E-state index contributed by atoms with van der Waals surface area (Å²) in [5.41, 5.74) is -1.65. The van der Waals surface area contributed by atoms with Gasteiger partial charge < -0.3 is 15.5 Å². The van der Waals surface area contributed by atoms with Gasteiger partial charge in [0, 0.05) is 31.1 Å². The summed E-state index contributed by atoms with van der Waals surface area (Å²) in [7, 11) is 1.65. The Morgan fingerprint density at radius 3 is 2.30 bits per heavy atom. The van der Waals surface area contributed by atoms with Crippen molar-refractivity contribution in [3.05, 3.63) is 85.0 Å². The van der Waals surface area contributed by atoms with E-state index in [1.807, 2.05) is 0 Å². The largest absolute Gasteiger partial charge is 0.493 e. The van der Waals surface area contributed by atoms with Crippen LogP contribution < -0.4 is 15.7 Å². The molecule has 4 aromatic rings. The lowest BCUT2D eigenvalue weighted by Gasteiger charge is -2.21. The maximum Gasteiger partial charge on any atom is 0.493 e. The molecule has 0 bridgehead atoms. The minimum absolute atomic E-state index is 0.0434. The highest BCUT2D eigenvalue weighted by molar-refractivity contribution is 6.01. The monoisotopic (exact) mass is 609 g/mol. The first-order valence-corrected chi connectivity index (χ1v) is 11.8. The summed E-state index contributed by atoms with van der Waals surface area (Å²) < 4.78 is 94.2. The number of hydroxylamine groups is 1. The molecule has 0 atom stereocenters. The molecule has 17 heteroatoms. The van der Waals surface area contributed by atoms with E-state index < -0.39 is 47.0 Å². The molecule has 2 N–H and O–H groups in total. The normalized spacial score (nSPS) is 11.5. The van der Waals surface area contributed by atoms with Crippen molar-refractivity contribution in [1.82, 2.24) is 19.7 Å². The molecule has 0 aliphatic heterocycles. The van der Waals surface area contributed by atoms with E-state index in [-0.39, 0.29) is 28.0 Å². The summed E-state index contributed by atoms with van der Waals surface area (Å²) in [6.45, 7) is 3.14. The van der Waals surface area contributed by atoms with Gasteiger partial charge in [0.2, 0.25) is 5.95 Å². The second-order valence-electron chi connectivity index (χ2n) is 8.53. The molecule has 0 radical (unpaired) electrons. The molecule has 0 saturated heterocycles. The maximum atomic E-state index is 15.0. The zero-order valence-electron chi connectivity index (χ0n) is 21.7. The number of carbonyl (C=O) groups excluding carboxylic acids is 2. The van der Waals surface area contributed by atoms with Crippen LogP contribution in [0.1, 0.15) is 5.56 Å². The van der Waals surface area contributed by atoms with E-state index in [0.717, 1.165) is 42.5 Å². The Kier molecular flexibility index (Phi) is 8.36. The number of halogens is 7. The van der Waals surface area contributed by atoms with Gasteiger partial charge in [-0.1, -0.05) is 18.7 Å². The molecule has 0 aliphatic carbocycles. The van der Waals surface area contributed by atoms with Gasteiger partial charge in [0.15, 0.2) is 5.82 Å². The van der Waals surface area contributed by atoms with Gasteiger partial charge in [-0.2, -0.15) is 36.4 Å². The maximum absolute atomic E-state index is 15.0. The summed E-state index contributed by atoms with van der Waals surface area (Å²) in [6.07, 6.45) is -6.68. The Balaban J connectivity index is 1.76. The van der Waals surface area contributed by atoms with E-state index >= 15 is 0 Å². The molecule has 4 rings (SSSR count). The van der Waals surface area contributed by atoms with Crippen molar-refractivity contribution in [2.24, 2.45) is 7.05 Å². The molecule has 10 nitrogen and oxygen atoms in total. The van der Waals surface area contributed by atoms with E-state index in [0.29, 0.717) is 11.9 Å². The van der Waals surface area contributed by atoms with Crippen LogP contribution >= 0.6 is 0 Å². The van der Waals surface area contributed by atoms with Crippen molar-refractivity contribution in [3.63, 3.8) is 0 Å². The number of nitrogens with zero attached hydrogens (tertiary/aromatic N) is 5. The minimum Gasteiger partial charge on any atom is -0.337 e. The van der Waals surface area contributed by atoms with Gasteiger partial charge in [0.1, 0.15) is 11.6 Å². The van der Waals surface area contributed by atoms with Gasteiger partial charge in [0.05, 0.1) is 16.9 Å². The smallest absolute Gasteiger partial charge is 0.337 e. The van der Waals surface area contributed by atoms with Crippen LogP contribution in [-0.2, 0) is 27.7 Å². The second-order valence-corrected chi connectivity index (χ2v) is 8.53. The topological polar surface area (TPSA) is 114 Å². The Labute approximate surface area is 237 Å². The fourth-order valence-electron chi connectivity index (χ4n) is 3.49. The first-order valence-electron chi connectivity index (χ1n) is 11.8. The molecule has 1 amide bonds. The van der Waals surface area contributed by atoms with Gasteiger partial charge in [-0.15, -0.1) is 5.06 Å². The average molecular weight is 609 g/mol. The van der Waals surface area contributed by atoms with Gasteiger partial charge in [-0.05, 0) is 42.0 Å². The summed E-state index contributed by atoms with van der Waals surface area (Å²) in [4.78, 5) is 36.2. The first kappa shape index (κ1) is 30.5. The van der Waals surface area contributed by atoms with Crippen LogP contribution in [0, 0.1) is 5.82 Å². The molecule has 2 heterocycles. The van der Waals surface area contributed by atoms with Gasteiger partial charge in [0.25, 0.3) is 5.91 Å². The zero-order chi connectivity index (χ0) is 31.5. The zero-order valence-corrected chi connectivity index (χ0v) is 21.7. The number of carbonyl (C=O) groups is 2. The highest BCUT2D eigenvalue weighted by atomic mass is 19.4. The van der Waals surface area contributed by atoms with Crippen LogP contribution in [-0.4, -0.2) is 37.8 Å². The molecule has 43 heavy (non-hydrogen) atoms. The van der Waals surface area contributed by atoms with Crippen molar-refractivity contribution in [3.8, 4) is 11.1 Å². The molecule has 0 unspecified atom stereocenters. The molecule has 0 spiro atoms. The number of aromatic nitrogens is 4. The molecule has 2 aromatic carbocycles. The number of amides is 1. The lowest BCUT2D eigenvalue weighted by Crippen LogP contribution is -2.38. The van der Waals surface area contributed by atoms with Gasteiger partial charge in [-0.25, -0.2) is 14.2 Å². The fourth-order valence-corrected chi connectivity index (χ4v) is 3.49. The number of aryl methyl sites for hydroxylation is 1. The van der Waals surface area contributed by atoms with Crippen LogP contribution in [0.5, 0.6) is 0 Å². The van der Waals surface area contributed by atoms with Crippen LogP contribution in [0.2, 0.25) is 0 Å². The number of anilines is 5. The van der Waals surface area contributed by atoms with Crippen molar-refractivity contribution < 1.29 is 45.2 Å². The third-order valence-electron chi connectivity index (χ3n) is 5.48. The van der Waals surface area contributed by atoms with E-state index in [9.17, 15) is 40.3 Å². The number of rotatable bonds is 7. The molecule has 2 aromatic heterocycles. The Bertz CT molecular complexity index is 1670. The highest BCUT2D eigenvalue weighted by Gasteiger charge is 2.43. The second kappa shape index (κ2) is 11.8. The number of alkyl halides is 6. The van der Waals surface area contributed by atoms with E-state index in [1.165, 1.54) is 10.9 Å². The van der Waals surface area contributed by atoms with Crippen LogP contribution in [0.15, 0.2) is 73.6 Å². The van der Waals surface area contributed by atoms with Crippen molar-refractivity contribution in [1.29, 1.82) is 0 Å². The van der Waals surface area contributed by atoms with E-state index in [2.05, 4.69) is 37.1 Å². The molecule has 0 saturated carbocycles. The summed E-state index contributed by atoms with van der Waals surface area (Å²) >= 11 is 0. The third-order valence-corrected chi connectivity index (χ3v) is 5.48. The SMILES string of the molecule is C=CC(=O)N(OC(=O)C(F)(F)F)c1ccc(F)c(Nc2nc(Nc3ccn(C)n3)ncc2-c2ccc(C(F)(F)F)cc2)c1. The summed E-state index contributed by atoms with van der Waals surface area (Å²) in [5, 5.41) is 9.48. The lowest BCUT2D eigenvalue weighted by molar-refractivity contribution is -0.201. The standard InChI is InChI=1S/C26H18F7N7O3/c1-3-21(41)40(43-23(42)26(31,32)33)16-8-9-18(27)19(12-16)35-22-17(14-4-6-15(7-5-14)25(28,29)30)13-34-24(37-22)36-20-10-11-39(2)38-20/h3-13H,1H2,2H3,(H2,34,35,36,37,38). The number of hydrogen-bond donors (Lipinski definition) is 2. The number of hydrogen-bond acceptors (Lipinski definition) is 8. The minimum atomic E-state index is -5.46. The molecular weight excluding hydrogens is 591 g/mol. The van der Waals surface area contributed by atoms with Crippen LogP contribution in [0.3, 0.4) is 0 Å². The quantitative estimate of drug-likeness (QED) is 0.148. The van der Waals surface area contributed by atoms with E-state index in [1.54, 1.807) is 19.3 Å². The predicted octanol–water partition coefficient (Wildman–Crippen LogP) is 6.06. The molecule has 0 fully saturated rings. The van der Waals surface area contributed by atoms with Crippen LogP contribution in [0.25, 0.3) is 11.1 Å². The number of nitrogens with one attached hydrogen (secondary N) is 2. The Hall–Kier alpha value is -5.48. The lowest BCUT2D eigenvalue weighted by atomic mass is 10.1. The molecule has 0 aliphatic rings. The Morgan fingerprint density at radius 2 is 1.72 bits per heavy atom. The fraction of sp³-hybridized carbons (Fsp3) is 0.115. The highest BCUT2D eigenvalue weighted by Crippen LogP contribution is 2.35. The first-order chi connectivity index (χ1) is 20.2. The van der Waals surface area contributed by atoms with Crippen molar-refractivity contribution in [2.75, 3.05) is 15.7 Å². The van der Waals surface area contributed by atoms with Gasteiger partial charge in [-0.3, -0.25) is 9.48 Å².